The van der Waals surface area contributed by atoms with Crippen molar-refractivity contribution in [2.24, 2.45) is 0 Å². The zero-order valence-corrected chi connectivity index (χ0v) is 16.3. The summed E-state index contributed by atoms with van der Waals surface area (Å²) in [4.78, 5) is 20.9. The van der Waals surface area contributed by atoms with Gasteiger partial charge in [-0.3, -0.25) is 9.36 Å². The first-order chi connectivity index (χ1) is 13.7. The maximum Gasteiger partial charge on any atom is 0.256 e. The maximum atomic E-state index is 12.5. The second kappa shape index (κ2) is 9.00. The van der Waals surface area contributed by atoms with Crippen LogP contribution < -0.4 is 5.56 Å². The largest absolute Gasteiger partial charge is 0.330 e. The summed E-state index contributed by atoms with van der Waals surface area (Å²) >= 11 is 0. The molecular formula is C22H18ClN5O. The third-order valence-electron chi connectivity index (χ3n) is 4.50. The third-order valence-corrected chi connectivity index (χ3v) is 4.50. The molecular weight excluding hydrogens is 386 g/mol. The predicted octanol–water partition coefficient (Wildman–Crippen LogP) is 3.36. The molecule has 0 aliphatic carbocycles. The van der Waals surface area contributed by atoms with E-state index in [0.29, 0.717) is 24.3 Å². The lowest BCUT2D eigenvalue weighted by Crippen LogP contribution is -2.19. The fraction of sp³-hybridized carbons (Fsp3) is 0.0909. The van der Waals surface area contributed by atoms with Crippen LogP contribution in [0, 0.1) is 11.3 Å². The van der Waals surface area contributed by atoms with Crippen LogP contribution >= 0.6 is 12.4 Å². The number of halogens is 1. The molecule has 0 N–H and O–H groups in total. The van der Waals surface area contributed by atoms with E-state index in [2.05, 4.69) is 16.0 Å². The van der Waals surface area contributed by atoms with E-state index in [1.54, 1.807) is 30.9 Å². The van der Waals surface area contributed by atoms with Gasteiger partial charge in [0.15, 0.2) is 0 Å². The van der Waals surface area contributed by atoms with E-state index in [4.69, 9.17) is 5.26 Å². The summed E-state index contributed by atoms with van der Waals surface area (Å²) in [6.45, 7) is 0.559. The van der Waals surface area contributed by atoms with Gasteiger partial charge in [-0.05, 0) is 41.5 Å². The zero-order chi connectivity index (χ0) is 19.3. The molecule has 0 atom stereocenters. The van der Waals surface area contributed by atoms with Crippen LogP contribution in [-0.2, 0) is 13.0 Å². The molecule has 1 aromatic carbocycles. The summed E-state index contributed by atoms with van der Waals surface area (Å²) in [7, 11) is 0. The topological polar surface area (TPSA) is 76.5 Å². The van der Waals surface area contributed by atoms with E-state index < -0.39 is 0 Å². The summed E-state index contributed by atoms with van der Waals surface area (Å²) < 4.78 is 3.55. The molecule has 7 heteroatoms. The second-order valence-electron chi connectivity index (χ2n) is 6.43. The van der Waals surface area contributed by atoms with Crippen LogP contribution in [0.25, 0.3) is 5.82 Å². The Bertz CT molecular complexity index is 1190. The van der Waals surface area contributed by atoms with Gasteiger partial charge in [0, 0.05) is 43.3 Å². The first kappa shape index (κ1) is 20.1. The molecule has 29 heavy (non-hydrogen) atoms. The van der Waals surface area contributed by atoms with Crippen LogP contribution in [0.4, 0.5) is 0 Å². The Morgan fingerprint density at radius 1 is 1.03 bits per heavy atom. The van der Waals surface area contributed by atoms with Gasteiger partial charge in [-0.1, -0.05) is 18.2 Å². The molecule has 0 radical (unpaired) electrons. The summed E-state index contributed by atoms with van der Waals surface area (Å²) in [6.07, 6.45) is 7.71. The van der Waals surface area contributed by atoms with Crippen molar-refractivity contribution in [3.05, 3.63) is 112 Å². The van der Waals surface area contributed by atoms with Crippen LogP contribution in [0.1, 0.15) is 22.4 Å². The number of nitrogens with zero attached hydrogens (tertiary/aromatic N) is 5. The van der Waals surface area contributed by atoms with Gasteiger partial charge in [0.1, 0.15) is 5.82 Å². The molecule has 0 amide bonds. The lowest BCUT2D eigenvalue weighted by molar-refractivity contribution is 0.748. The van der Waals surface area contributed by atoms with E-state index in [9.17, 15) is 4.79 Å². The van der Waals surface area contributed by atoms with Gasteiger partial charge in [-0.15, -0.1) is 12.4 Å². The van der Waals surface area contributed by atoms with Crippen molar-refractivity contribution in [2.75, 3.05) is 0 Å². The van der Waals surface area contributed by atoms with Crippen molar-refractivity contribution < 1.29 is 0 Å². The standard InChI is InChI=1S/C22H17N5O.ClH/c23-13-18-6-4-17(5-7-18)11-20-14-24-16-26(20)15-19-8-10-27(22(28)12-19)21-3-1-2-9-25-21;/h1-10,12,14,16H,11,15H2;1H. The monoisotopic (exact) mass is 403 g/mol. The highest BCUT2D eigenvalue weighted by molar-refractivity contribution is 5.85. The quantitative estimate of drug-likeness (QED) is 0.512. The molecule has 0 saturated heterocycles. The molecule has 3 aromatic heterocycles. The molecule has 0 aliphatic rings. The van der Waals surface area contributed by atoms with Gasteiger partial charge in [0.05, 0.1) is 18.0 Å². The van der Waals surface area contributed by atoms with Gasteiger partial charge in [-0.25, -0.2) is 9.97 Å². The average Bonchev–Trinajstić information content (AvgIpc) is 3.16. The molecule has 144 valence electrons. The smallest absolute Gasteiger partial charge is 0.256 e. The number of pyridine rings is 2. The highest BCUT2D eigenvalue weighted by Crippen LogP contribution is 2.12. The van der Waals surface area contributed by atoms with Crippen molar-refractivity contribution in [3.63, 3.8) is 0 Å². The van der Waals surface area contributed by atoms with E-state index in [0.717, 1.165) is 16.8 Å². The van der Waals surface area contributed by atoms with Gasteiger partial charge < -0.3 is 4.57 Å². The lowest BCUT2D eigenvalue weighted by Gasteiger charge is -2.10. The molecule has 0 aliphatic heterocycles. The molecule has 0 fully saturated rings. The van der Waals surface area contributed by atoms with Gasteiger partial charge in [0.25, 0.3) is 5.56 Å². The Kier molecular flexibility index (Phi) is 6.22. The summed E-state index contributed by atoms with van der Waals surface area (Å²) in [5.41, 5.74) is 3.57. The minimum atomic E-state index is -0.120. The van der Waals surface area contributed by atoms with Gasteiger partial charge in [0.2, 0.25) is 0 Å². The predicted molar refractivity (Wildman–Crippen MR) is 112 cm³/mol. The van der Waals surface area contributed by atoms with Crippen LogP contribution in [0.2, 0.25) is 0 Å². The Morgan fingerprint density at radius 3 is 2.55 bits per heavy atom. The minimum absolute atomic E-state index is 0. The lowest BCUT2D eigenvalue weighted by atomic mass is 10.1. The zero-order valence-electron chi connectivity index (χ0n) is 15.5. The number of rotatable bonds is 5. The van der Waals surface area contributed by atoms with E-state index in [1.165, 1.54) is 4.57 Å². The first-order valence-corrected chi connectivity index (χ1v) is 8.84. The van der Waals surface area contributed by atoms with Crippen molar-refractivity contribution in [1.82, 2.24) is 19.1 Å². The molecule has 0 unspecified atom stereocenters. The Hall–Kier alpha value is -3.69. The van der Waals surface area contributed by atoms with E-state index >= 15 is 0 Å². The fourth-order valence-corrected chi connectivity index (χ4v) is 3.04. The Labute approximate surface area is 174 Å². The number of aromatic nitrogens is 4. The first-order valence-electron chi connectivity index (χ1n) is 8.84. The maximum absolute atomic E-state index is 12.5. The van der Waals surface area contributed by atoms with Crippen molar-refractivity contribution in [1.29, 1.82) is 5.26 Å². The molecule has 3 heterocycles. The van der Waals surface area contributed by atoms with Crippen molar-refractivity contribution >= 4 is 12.4 Å². The highest BCUT2D eigenvalue weighted by atomic mass is 35.5. The second-order valence-corrected chi connectivity index (χ2v) is 6.43. The fourth-order valence-electron chi connectivity index (χ4n) is 3.04. The van der Waals surface area contributed by atoms with Crippen LogP contribution in [0.15, 0.2) is 84.3 Å². The number of imidazole rings is 1. The number of benzene rings is 1. The summed E-state index contributed by atoms with van der Waals surface area (Å²) in [5.74, 6) is 0.600. The molecule has 0 bridgehead atoms. The molecule has 4 rings (SSSR count). The molecule has 0 saturated carbocycles. The van der Waals surface area contributed by atoms with Crippen molar-refractivity contribution in [3.8, 4) is 11.9 Å². The van der Waals surface area contributed by atoms with E-state index in [-0.39, 0.29) is 18.0 Å². The van der Waals surface area contributed by atoms with Crippen LogP contribution in [-0.4, -0.2) is 19.1 Å². The van der Waals surface area contributed by atoms with Crippen molar-refractivity contribution in [2.45, 2.75) is 13.0 Å². The SMILES string of the molecule is Cl.N#Cc1ccc(Cc2cncn2Cc2ccn(-c3ccccn3)c(=O)c2)cc1. The van der Waals surface area contributed by atoms with Crippen LogP contribution in [0.5, 0.6) is 0 Å². The molecule has 4 aromatic rings. The minimum Gasteiger partial charge on any atom is -0.330 e. The Balaban J connectivity index is 0.00000240. The molecule has 0 spiro atoms. The molecule has 6 nitrogen and oxygen atoms in total. The van der Waals surface area contributed by atoms with Gasteiger partial charge >= 0.3 is 0 Å². The van der Waals surface area contributed by atoms with Gasteiger partial charge in [-0.2, -0.15) is 5.26 Å². The summed E-state index contributed by atoms with van der Waals surface area (Å²) in [5, 5.41) is 8.91. The number of nitriles is 1. The van der Waals surface area contributed by atoms with Crippen LogP contribution in [0.3, 0.4) is 0 Å². The highest BCUT2D eigenvalue weighted by Gasteiger charge is 2.07. The average molecular weight is 404 g/mol. The third kappa shape index (κ3) is 4.60. The number of hydrogen-bond acceptors (Lipinski definition) is 4. The number of hydrogen-bond donors (Lipinski definition) is 0. The summed E-state index contributed by atoms with van der Waals surface area (Å²) in [6, 6.07) is 18.7. The van der Waals surface area contributed by atoms with E-state index in [1.807, 2.05) is 53.2 Å². The Morgan fingerprint density at radius 2 is 1.86 bits per heavy atom. The normalized spacial score (nSPS) is 10.2.